The SMILES string of the molecule is CC(C)C1CNCCCN1C(C)c1ccccc1. The third-order valence-electron chi connectivity index (χ3n) is 4.10. The fourth-order valence-corrected chi connectivity index (χ4v) is 2.94. The van der Waals surface area contributed by atoms with Crippen LogP contribution in [0.4, 0.5) is 0 Å². The Labute approximate surface area is 111 Å². The third kappa shape index (κ3) is 3.12. The molecule has 18 heavy (non-hydrogen) atoms. The second-order valence-corrected chi connectivity index (χ2v) is 5.69. The summed E-state index contributed by atoms with van der Waals surface area (Å²) in [4.78, 5) is 2.68. The Morgan fingerprint density at radius 2 is 1.89 bits per heavy atom. The minimum Gasteiger partial charge on any atom is -0.315 e. The van der Waals surface area contributed by atoms with E-state index in [2.05, 4.69) is 61.3 Å². The van der Waals surface area contributed by atoms with Gasteiger partial charge in [-0.15, -0.1) is 0 Å². The molecule has 1 saturated heterocycles. The molecule has 0 aromatic heterocycles. The van der Waals surface area contributed by atoms with Crippen molar-refractivity contribution in [3.05, 3.63) is 35.9 Å². The first-order valence-electron chi connectivity index (χ1n) is 7.21. The molecule has 2 heteroatoms. The first-order chi connectivity index (χ1) is 8.70. The van der Waals surface area contributed by atoms with Crippen molar-refractivity contribution < 1.29 is 0 Å². The van der Waals surface area contributed by atoms with Gasteiger partial charge >= 0.3 is 0 Å². The zero-order valence-electron chi connectivity index (χ0n) is 11.9. The summed E-state index contributed by atoms with van der Waals surface area (Å²) in [5.74, 6) is 0.696. The summed E-state index contributed by atoms with van der Waals surface area (Å²) >= 11 is 0. The van der Waals surface area contributed by atoms with Crippen LogP contribution in [0.2, 0.25) is 0 Å². The molecule has 2 rings (SSSR count). The molecule has 0 amide bonds. The van der Waals surface area contributed by atoms with Gasteiger partial charge in [0.1, 0.15) is 0 Å². The molecule has 1 fully saturated rings. The maximum Gasteiger partial charge on any atom is 0.0323 e. The van der Waals surface area contributed by atoms with Gasteiger partial charge in [0.15, 0.2) is 0 Å². The average Bonchev–Trinajstić information content (AvgIpc) is 2.64. The molecule has 1 aromatic carbocycles. The van der Waals surface area contributed by atoms with E-state index in [0.29, 0.717) is 18.0 Å². The van der Waals surface area contributed by atoms with E-state index in [1.807, 2.05) is 0 Å². The predicted molar refractivity (Wildman–Crippen MR) is 77.7 cm³/mol. The number of benzene rings is 1. The van der Waals surface area contributed by atoms with Gasteiger partial charge in [-0.2, -0.15) is 0 Å². The van der Waals surface area contributed by atoms with Crippen LogP contribution >= 0.6 is 0 Å². The summed E-state index contributed by atoms with van der Waals surface area (Å²) in [5.41, 5.74) is 1.44. The van der Waals surface area contributed by atoms with Crippen LogP contribution in [0.15, 0.2) is 30.3 Å². The summed E-state index contributed by atoms with van der Waals surface area (Å²) in [6, 6.07) is 12.0. The standard InChI is InChI=1S/C16H26N2/c1-13(2)16-12-17-10-7-11-18(16)14(3)15-8-5-4-6-9-15/h4-6,8-9,13-14,16-17H,7,10-12H2,1-3H3. The van der Waals surface area contributed by atoms with Gasteiger partial charge in [-0.3, -0.25) is 4.90 Å². The molecule has 1 N–H and O–H groups in total. The van der Waals surface area contributed by atoms with E-state index in [4.69, 9.17) is 0 Å². The number of nitrogens with zero attached hydrogens (tertiary/aromatic N) is 1. The van der Waals surface area contributed by atoms with Crippen molar-refractivity contribution >= 4 is 0 Å². The van der Waals surface area contributed by atoms with Crippen LogP contribution in [-0.4, -0.2) is 30.6 Å². The number of rotatable bonds is 3. The average molecular weight is 246 g/mol. The number of hydrogen-bond donors (Lipinski definition) is 1. The van der Waals surface area contributed by atoms with E-state index in [0.717, 1.165) is 13.1 Å². The Kier molecular flexibility index (Phi) is 4.79. The molecule has 1 aliphatic heterocycles. The minimum atomic E-state index is 0.512. The highest BCUT2D eigenvalue weighted by Crippen LogP contribution is 2.26. The van der Waals surface area contributed by atoms with Crippen molar-refractivity contribution in [3.63, 3.8) is 0 Å². The first kappa shape index (κ1) is 13.6. The zero-order valence-corrected chi connectivity index (χ0v) is 11.9. The van der Waals surface area contributed by atoms with Crippen molar-refractivity contribution in [2.45, 2.75) is 39.3 Å². The smallest absolute Gasteiger partial charge is 0.0323 e. The summed E-state index contributed by atoms with van der Waals surface area (Å²) < 4.78 is 0. The molecular formula is C16H26N2. The highest BCUT2D eigenvalue weighted by atomic mass is 15.2. The van der Waals surface area contributed by atoms with Gasteiger partial charge in [-0.1, -0.05) is 44.2 Å². The second kappa shape index (κ2) is 6.35. The van der Waals surface area contributed by atoms with Crippen molar-refractivity contribution in [2.24, 2.45) is 5.92 Å². The quantitative estimate of drug-likeness (QED) is 0.882. The molecule has 2 unspecified atom stereocenters. The monoisotopic (exact) mass is 246 g/mol. The zero-order chi connectivity index (χ0) is 13.0. The molecule has 0 aliphatic carbocycles. The Bertz CT molecular complexity index is 347. The Hall–Kier alpha value is -0.860. The van der Waals surface area contributed by atoms with Crippen LogP contribution in [0.1, 0.15) is 38.8 Å². The Balaban J connectivity index is 2.17. The summed E-state index contributed by atoms with van der Waals surface area (Å²) in [5, 5.41) is 3.57. The lowest BCUT2D eigenvalue weighted by molar-refractivity contribution is 0.120. The van der Waals surface area contributed by atoms with E-state index >= 15 is 0 Å². The van der Waals surface area contributed by atoms with Crippen LogP contribution in [-0.2, 0) is 0 Å². The molecule has 1 heterocycles. The minimum absolute atomic E-state index is 0.512. The van der Waals surface area contributed by atoms with E-state index in [-0.39, 0.29) is 0 Å². The summed E-state index contributed by atoms with van der Waals surface area (Å²) in [7, 11) is 0. The van der Waals surface area contributed by atoms with Crippen molar-refractivity contribution in [3.8, 4) is 0 Å². The largest absolute Gasteiger partial charge is 0.315 e. The molecule has 1 aliphatic rings. The van der Waals surface area contributed by atoms with Crippen LogP contribution in [0.5, 0.6) is 0 Å². The van der Waals surface area contributed by atoms with Gasteiger partial charge < -0.3 is 5.32 Å². The second-order valence-electron chi connectivity index (χ2n) is 5.69. The van der Waals surface area contributed by atoms with E-state index in [9.17, 15) is 0 Å². The third-order valence-corrected chi connectivity index (χ3v) is 4.10. The molecule has 0 spiro atoms. The van der Waals surface area contributed by atoms with Crippen molar-refractivity contribution in [1.29, 1.82) is 0 Å². The topological polar surface area (TPSA) is 15.3 Å². The van der Waals surface area contributed by atoms with Gasteiger partial charge in [0, 0.05) is 25.2 Å². The molecular weight excluding hydrogens is 220 g/mol. The molecule has 2 nitrogen and oxygen atoms in total. The van der Waals surface area contributed by atoms with E-state index in [1.165, 1.54) is 18.5 Å². The van der Waals surface area contributed by atoms with Gasteiger partial charge in [0.25, 0.3) is 0 Å². The van der Waals surface area contributed by atoms with E-state index < -0.39 is 0 Å². The van der Waals surface area contributed by atoms with Gasteiger partial charge in [-0.05, 0) is 31.4 Å². The number of hydrogen-bond acceptors (Lipinski definition) is 2. The van der Waals surface area contributed by atoms with Crippen molar-refractivity contribution in [2.75, 3.05) is 19.6 Å². The Morgan fingerprint density at radius 1 is 1.17 bits per heavy atom. The molecule has 0 radical (unpaired) electrons. The highest BCUT2D eigenvalue weighted by molar-refractivity contribution is 5.18. The maximum absolute atomic E-state index is 3.57. The first-order valence-corrected chi connectivity index (χ1v) is 7.21. The lowest BCUT2D eigenvalue weighted by Gasteiger charge is -2.37. The lowest BCUT2D eigenvalue weighted by atomic mass is 9.98. The molecule has 2 atom stereocenters. The fourth-order valence-electron chi connectivity index (χ4n) is 2.94. The van der Waals surface area contributed by atoms with Crippen LogP contribution < -0.4 is 5.32 Å². The van der Waals surface area contributed by atoms with Gasteiger partial charge in [0.05, 0.1) is 0 Å². The van der Waals surface area contributed by atoms with Crippen LogP contribution in [0, 0.1) is 5.92 Å². The van der Waals surface area contributed by atoms with Gasteiger partial charge in [0.2, 0.25) is 0 Å². The molecule has 1 aromatic rings. The predicted octanol–water partition coefficient (Wildman–Crippen LogP) is 3.07. The fraction of sp³-hybridized carbons (Fsp3) is 0.625. The highest BCUT2D eigenvalue weighted by Gasteiger charge is 2.27. The summed E-state index contributed by atoms with van der Waals surface area (Å²) in [6.07, 6.45) is 1.25. The molecule has 100 valence electrons. The maximum atomic E-state index is 3.57. The normalized spacial score (nSPS) is 23.9. The summed E-state index contributed by atoms with van der Waals surface area (Å²) in [6.45, 7) is 10.5. The van der Waals surface area contributed by atoms with Crippen LogP contribution in [0.3, 0.4) is 0 Å². The molecule has 0 saturated carbocycles. The van der Waals surface area contributed by atoms with Crippen molar-refractivity contribution in [1.82, 2.24) is 10.2 Å². The molecule has 0 bridgehead atoms. The van der Waals surface area contributed by atoms with Gasteiger partial charge in [-0.25, -0.2) is 0 Å². The number of nitrogens with one attached hydrogen (secondary N) is 1. The van der Waals surface area contributed by atoms with E-state index in [1.54, 1.807) is 0 Å². The Morgan fingerprint density at radius 3 is 2.56 bits per heavy atom. The lowest BCUT2D eigenvalue weighted by Crippen LogP contribution is -2.44. The van der Waals surface area contributed by atoms with Crippen LogP contribution in [0.25, 0.3) is 0 Å².